The van der Waals surface area contributed by atoms with E-state index in [1.807, 2.05) is 26.0 Å². The Morgan fingerprint density at radius 2 is 2.14 bits per heavy atom. The minimum Gasteiger partial charge on any atom is -0.288 e. The summed E-state index contributed by atoms with van der Waals surface area (Å²) in [6.45, 7) is 3.82. The Balaban J connectivity index is 3.18. The largest absolute Gasteiger partial charge is 0.288 e. The number of halogens is 1. The summed E-state index contributed by atoms with van der Waals surface area (Å²) in [6, 6.07) is 4.73. The highest BCUT2D eigenvalue weighted by molar-refractivity contribution is 6.09. The summed E-state index contributed by atoms with van der Waals surface area (Å²) >= 11 is 0. The van der Waals surface area contributed by atoms with Gasteiger partial charge in [-0.05, 0) is 43.7 Å². The maximum absolute atomic E-state index is 12.8. The molecule has 1 aromatic rings. The molecule has 2 heteroatoms. The first-order chi connectivity index (χ1) is 6.69. The molecular weight excluding hydrogens is 177 g/mol. The zero-order valence-electron chi connectivity index (χ0n) is 8.71. The predicted molar refractivity (Wildman–Crippen MR) is 58.4 cm³/mol. The Labute approximate surface area is 84.0 Å². The van der Waals surface area contributed by atoms with Crippen LogP contribution >= 0.6 is 0 Å². The van der Waals surface area contributed by atoms with E-state index in [0.29, 0.717) is 0 Å². The third-order valence-electron chi connectivity index (χ3n) is 2.03. The normalized spacial score (nSPS) is 12.4. The maximum atomic E-state index is 12.8. The molecule has 0 spiro atoms. The van der Waals surface area contributed by atoms with Crippen molar-refractivity contribution in [2.45, 2.75) is 13.8 Å². The van der Waals surface area contributed by atoms with E-state index in [0.717, 1.165) is 16.8 Å². The molecule has 14 heavy (non-hydrogen) atoms. The topological polar surface area (TPSA) is 12.4 Å². The van der Waals surface area contributed by atoms with Gasteiger partial charge in [0.2, 0.25) is 0 Å². The Bertz CT molecular complexity index is 378. The van der Waals surface area contributed by atoms with Crippen LogP contribution in [0.4, 0.5) is 4.39 Å². The van der Waals surface area contributed by atoms with E-state index in [1.54, 1.807) is 13.1 Å². The number of hydrogen-bond acceptors (Lipinski definition) is 1. The Morgan fingerprint density at radius 3 is 2.64 bits per heavy atom. The minimum absolute atomic E-state index is 0.206. The molecule has 0 bridgehead atoms. The third kappa shape index (κ3) is 2.28. The van der Waals surface area contributed by atoms with E-state index < -0.39 is 0 Å². The monoisotopic (exact) mass is 191 g/mol. The van der Waals surface area contributed by atoms with E-state index >= 15 is 0 Å². The number of rotatable bonds is 2. The van der Waals surface area contributed by atoms with Crippen molar-refractivity contribution < 1.29 is 4.39 Å². The fraction of sp³-hybridized carbons (Fsp3) is 0.250. The lowest BCUT2D eigenvalue weighted by atomic mass is 10.0. The molecule has 0 fully saturated rings. The second kappa shape index (κ2) is 4.70. The zero-order valence-corrected chi connectivity index (χ0v) is 8.71. The van der Waals surface area contributed by atoms with Gasteiger partial charge in [-0.3, -0.25) is 4.99 Å². The molecule has 0 saturated heterocycles. The van der Waals surface area contributed by atoms with E-state index in [9.17, 15) is 4.39 Å². The third-order valence-corrected chi connectivity index (χ3v) is 2.03. The lowest BCUT2D eigenvalue weighted by Gasteiger charge is -2.04. The van der Waals surface area contributed by atoms with Crippen molar-refractivity contribution >= 4 is 5.71 Å². The molecule has 0 atom stereocenters. The Morgan fingerprint density at radius 1 is 1.43 bits per heavy atom. The number of aliphatic imine (C=N–C) groups is 1. The number of benzene rings is 1. The molecule has 0 unspecified atom stereocenters. The standard InChI is InChI=1S/C12H14FN/c1-4-5-12(14-3)11-7-6-10(13)8-9(11)2/h4-8H,1-3H3/b5-4-,14-12?. The molecule has 1 aromatic carbocycles. The van der Waals surface area contributed by atoms with Crippen LogP contribution in [0.25, 0.3) is 0 Å². The van der Waals surface area contributed by atoms with Gasteiger partial charge in [-0.2, -0.15) is 0 Å². The second-order valence-corrected chi connectivity index (χ2v) is 3.07. The van der Waals surface area contributed by atoms with Crippen LogP contribution in [0.15, 0.2) is 35.3 Å². The lowest BCUT2D eigenvalue weighted by Crippen LogP contribution is -2.00. The van der Waals surface area contributed by atoms with Crippen molar-refractivity contribution in [1.29, 1.82) is 0 Å². The number of allylic oxidation sites excluding steroid dienone is 2. The van der Waals surface area contributed by atoms with Gasteiger partial charge in [0.25, 0.3) is 0 Å². The minimum atomic E-state index is -0.206. The maximum Gasteiger partial charge on any atom is 0.123 e. The van der Waals surface area contributed by atoms with Crippen LogP contribution < -0.4 is 0 Å². The van der Waals surface area contributed by atoms with Gasteiger partial charge in [0.05, 0.1) is 5.71 Å². The molecule has 0 radical (unpaired) electrons. The van der Waals surface area contributed by atoms with E-state index in [1.165, 1.54) is 12.1 Å². The average Bonchev–Trinajstić information content (AvgIpc) is 2.15. The summed E-state index contributed by atoms with van der Waals surface area (Å²) in [6.07, 6.45) is 3.84. The molecular formula is C12H14FN. The van der Waals surface area contributed by atoms with E-state index in [2.05, 4.69) is 4.99 Å². The first-order valence-electron chi connectivity index (χ1n) is 4.55. The van der Waals surface area contributed by atoms with Crippen molar-refractivity contribution in [3.63, 3.8) is 0 Å². The molecule has 0 aromatic heterocycles. The van der Waals surface area contributed by atoms with Crippen LogP contribution in [0.5, 0.6) is 0 Å². The summed E-state index contributed by atoms with van der Waals surface area (Å²) in [7, 11) is 1.73. The lowest BCUT2D eigenvalue weighted by molar-refractivity contribution is 0.626. The predicted octanol–water partition coefficient (Wildman–Crippen LogP) is 3.13. The van der Waals surface area contributed by atoms with Crippen LogP contribution in [0.1, 0.15) is 18.1 Å². The fourth-order valence-electron chi connectivity index (χ4n) is 1.36. The van der Waals surface area contributed by atoms with Crippen LogP contribution in [0, 0.1) is 12.7 Å². The van der Waals surface area contributed by atoms with Gasteiger partial charge in [0.15, 0.2) is 0 Å². The van der Waals surface area contributed by atoms with E-state index in [-0.39, 0.29) is 5.82 Å². The summed E-state index contributed by atoms with van der Waals surface area (Å²) in [5.74, 6) is -0.206. The molecule has 1 nitrogen and oxygen atoms in total. The summed E-state index contributed by atoms with van der Waals surface area (Å²) in [5, 5.41) is 0. The van der Waals surface area contributed by atoms with Crippen molar-refractivity contribution in [2.24, 2.45) is 4.99 Å². The molecule has 0 aliphatic heterocycles. The van der Waals surface area contributed by atoms with Gasteiger partial charge in [0.1, 0.15) is 5.82 Å². The summed E-state index contributed by atoms with van der Waals surface area (Å²) < 4.78 is 12.8. The molecule has 0 aliphatic carbocycles. The van der Waals surface area contributed by atoms with Gasteiger partial charge in [-0.25, -0.2) is 4.39 Å². The van der Waals surface area contributed by atoms with Crippen LogP contribution in [-0.2, 0) is 0 Å². The highest BCUT2D eigenvalue weighted by Gasteiger charge is 2.03. The van der Waals surface area contributed by atoms with Crippen LogP contribution in [-0.4, -0.2) is 12.8 Å². The van der Waals surface area contributed by atoms with Crippen LogP contribution in [0.2, 0.25) is 0 Å². The quantitative estimate of drug-likeness (QED) is 0.637. The molecule has 0 amide bonds. The highest BCUT2D eigenvalue weighted by Crippen LogP contribution is 2.12. The molecule has 0 N–H and O–H groups in total. The van der Waals surface area contributed by atoms with Crippen LogP contribution in [0.3, 0.4) is 0 Å². The Hall–Kier alpha value is -1.44. The van der Waals surface area contributed by atoms with Crippen molar-refractivity contribution in [1.82, 2.24) is 0 Å². The first-order valence-corrected chi connectivity index (χ1v) is 4.55. The molecule has 74 valence electrons. The average molecular weight is 191 g/mol. The number of hydrogen-bond donors (Lipinski definition) is 0. The SMILES string of the molecule is C/C=C\C(=NC)c1ccc(F)cc1C. The molecule has 1 rings (SSSR count). The highest BCUT2D eigenvalue weighted by atomic mass is 19.1. The van der Waals surface area contributed by atoms with Crippen molar-refractivity contribution in [3.8, 4) is 0 Å². The van der Waals surface area contributed by atoms with Gasteiger partial charge in [-0.1, -0.05) is 6.08 Å². The molecule has 0 saturated carbocycles. The van der Waals surface area contributed by atoms with Gasteiger partial charge in [-0.15, -0.1) is 0 Å². The van der Waals surface area contributed by atoms with Crippen molar-refractivity contribution in [3.05, 3.63) is 47.3 Å². The molecule has 0 aliphatic rings. The number of nitrogens with zero attached hydrogens (tertiary/aromatic N) is 1. The van der Waals surface area contributed by atoms with Gasteiger partial charge in [0, 0.05) is 12.6 Å². The molecule has 0 heterocycles. The fourth-order valence-corrected chi connectivity index (χ4v) is 1.36. The number of aryl methyl sites for hydroxylation is 1. The smallest absolute Gasteiger partial charge is 0.123 e. The Kier molecular flexibility index (Phi) is 3.57. The first kappa shape index (κ1) is 10.6. The van der Waals surface area contributed by atoms with Crippen molar-refractivity contribution in [2.75, 3.05) is 7.05 Å². The van der Waals surface area contributed by atoms with Gasteiger partial charge < -0.3 is 0 Å². The van der Waals surface area contributed by atoms with E-state index in [4.69, 9.17) is 0 Å². The zero-order chi connectivity index (χ0) is 10.6. The van der Waals surface area contributed by atoms with Gasteiger partial charge >= 0.3 is 0 Å². The summed E-state index contributed by atoms with van der Waals surface area (Å²) in [4.78, 5) is 4.15. The second-order valence-electron chi connectivity index (χ2n) is 3.07. The summed E-state index contributed by atoms with van der Waals surface area (Å²) in [5.41, 5.74) is 2.76.